The first-order valence-electron chi connectivity index (χ1n) is 7.31. The number of likely N-dealkylation sites (tertiary alicyclic amines) is 1. The molecule has 8 heteroatoms. The first-order chi connectivity index (χ1) is 11.5. The lowest BCUT2D eigenvalue weighted by molar-refractivity contribution is 0.190. The molecule has 2 heterocycles. The summed E-state index contributed by atoms with van der Waals surface area (Å²) < 4.78 is 33.7. The van der Waals surface area contributed by atoms with Crippen molar-refractivity contribution in [3.63, 3.8) is 0 Å². The standard InChI is InChI=1S/C16H14BrF2N3O2/c17-10-4-5-14(20-8-10)24-11-6-7-22(9-11)16(23)21-15-12(18)2-1-3-13(15)19/h1-5,8,11H,6-7,9H2,(H,21,23). The Morgan fingerprint density at radius 2 is 2.04 bits per heavy atom. The summed E-state index contributed by atoms with van der Waals surface area (Å²) in [7, 11) is 0. The molecule has 1 aromatic heterocycles. The minimum atomic E-state index is -0.811. The number of halogens is 3. The maximum Gasteiger partial charge on any atom is 0.322 e. The average molecular weight is 398 g/mol. The molecule has 1 unspecified atom stereocenters. The van der Waals surface area contributed by atoms with E-state index in [1.54, 1.807) is 12.3 Å². The lowest BCUT2D eigenvalue weighted by Gasteiger charge is -2.18. The molecule has 1 aromatic carbocycles. The van der Waals surface area contributed by atoms with Gasteiger partial charge in [0.2, 0.25) is 5.88 Å². The van der Waals surface area contributed by atoms with Gasteiger partial charge in [0.15, 0.2) is 0 Å². The summed E-state index contributed by atoms with van der Waals surface area (Å²) in [5.74, 6) is -1.16. The van der Waals surface area contributed by atoms with Gasteiger partial charge in [-0.2, -0.15) is 0 Å². The molecule has 0 spiro atoms. The number of urea groups is 1. The summed E-state index contributed by atoms with van der Waals surface area (Å²) in [6.45, 7) is 0.753. The number of carbonyl (C=O) groups excluding carboxylic acids is 1. The number of carbonyl (C=O) groups is 1. The van der Waals surface area contributed by atoms with Gasteiger partial charge in [0.05, 0.1) is 6.54 Å². The van der Waals surface area contributed by atoms with E-state index in [0.717, 1.165) is 16.6 Å². The van der Waals surface area contributed by atoms with Crippen molar-refractivity contribution >= 4 is 27.6 Å². The molecule has 0 saturated carbocycles. The number of hydrogen-bond donors (Lipinski definition) is 1. The summed E-state index contributed by atoms with van der Waals surface area (Å²) >= 11 is 3.29. The lowest BCUT2D eigenvalue weighted by atomic mass is 10.3. The smallest absolute Gasteiger partial charge is 0.322 e. The normalized spacial score (nSPS) is 17.0. The zero-order chi connectivity index (χ0) is 17.1. The highest BCUT2D eigenvalue weighted by Crippen LogP contribution is 2.21. The van der Waals surface area contributed by atoms with E-state index in [0.29, 0.717) is 25.4 Å². The van der Waals surface area contributed by atoms with E-state index < -0.39 is 23.4 Å². The Morgan fingerprint density at radius 3 is 2.71 bits per heavy atom. The molecular formula is C16H14BrF2N3O2. The molecule has 1 atom stereocenters. The van der Waals surface area contributed by atoms with Crippen LogP contribution in [-0.4, -0.2) is 35.1 Å². The van der Waals surface area contributed by atoms with E-state index >= 15 is 0 Å². The highest BCUT2D eigenvalue weighted by atomic mass is 79.9. The van der Waals surface area contributed by atoms with Crippen molar-refractivity contribution in [1.29, 1.82) is 0 Å². The average Bonchev–Trinajstić information content (AvgIpc) is 3.02. The molecule has 24 heavy (non-hydrogen) atoms. The second-order valence-corrected chi connectivity index (χ2v) is 6.23. The number of ether oxygens (including phenoxy) is 1. The number of amides is 2. The van der Waals surface area contributed by atoms with Crippen LogP contribution in [0.3, 0.4) is 0 Å². The third-order valence-electron chi connectivity index (χ3n) is 3.61. The fourth-order valence-corrected chi connectivity index (χ4v) is 2.65. The number of nitrogens with one attached hydrogen (secondary N) is 1. The number of pyridine rings is 1. The van der Waals surface area contributed by atoms with Crippen molar-refractivity contribution in [3.05, 3.63) is 52.6 Å². The molecule has 0 bridgehead atoms. The second-order valence-electron chi connectivity index (χ2n) is 5.32. The Kier molecular flexibility index (Phi) is 4.94. The summed E-state index contributed by atoms with van der Waals surface area (Å²) in [5.41, 5.74) is -0.443. The van der Waals surface area contributed by atoms with Crippen LogP contribution in [0.15, 0.2) is 41.0 Å². The maximum atomic E-state index is 13.6. The van der Waals surface area contributed by atoms with Crippen LogP contribution < -0.4 is 10.1 Å². The number of hydrogen-bond acceptors (Lipinski definition) is 3. The highest BCUT2D eigenvalue weighted by Gasteiger charge is 2.28. The van der Waals surface area contributed by atoms with E-state index in [9.17, 15) is 13.6 Å². The van der Waals surface area contributed by atoms with Gasteiger partial charge in [-0.15, -0.1) is 0 Å². The summed E-state index contributed by atoms with van der Waals surface area (Å²) in [6.07, 6.45) is 2.02. The van der Waals surface area contributed by atoms with Crippen LogP contribution >= 0.6 is 15.9 Å². The zero-order valence-corrected chi connectivity index (χ0v) is 14.1. The predicted molar refractivity (Wildman–Crippen MR) is 87.9 cm³/mol. The summed E-state index contributed by atoms with van der Waals surface area (Å²) in [4.78, 5) is 17.7. The van der Waals surface area contributed by atoms with Crippen molar-refractivity contribution in [3.8, 4) is 5.88 Å². The van der Waals surface area contributed by atoms with Gasteiger partial charge in [-0.1, -0.05) is 6.07 Å². The summed E-state index contributed by atoms with van der Waals surface area (Å²) in [5, 5.41) is 2.27. The quantitative estimate of drug-likeness (QED) is 0.856. The fourth-order valence-electron chi connectivity index (χ4n) is 2.41. The van der Waals surface area contributed by atoms with Crippen LogP contribution in [-0.2, 0) is 0 Å². The zero-order valence-electron chi connectivity index (χ0n) is 12.5. The minimum Gasteiger partial charge on any atom is -0.472 e. The Bertz CT molecular complexity index is 722. The fraction of sp³-hybridized carbons (Fsp3) is 0.250. The summed E-state index contributed by atoms with van der Waals surface area (Å²) in [6, 6.07) is 6.39. The van der Waals surface area contributed by atoms with Crippen molar-refractivity contribution in [2.45, 2.75) is 12.5 Å². The van der Waals surface area contributed by atoms with Crippen LogP contribution in [0.5, 0.6) is 5.88 Å². The third-order valence-corrected chi connectivity index (χ3v) is 4.08. The molecule has 0 radical (unpaired) electrons. The number of rotatable bonds is 3. The van der Waals surface area contributed by atoms with Crippen molar-refractivity contribution in [2.75, 3.05) is 18.4 Å². The van der Waals surface area contributed by atoms with Gasteiger partial charge in [-0.05, 0) is 34.1 Å². The topological polar surface area (TPSA) is 54.5 Å². The van der Waals surface area contributed by atoms with Gasteiger partial charge in [-0.3, -0.25) is 0 Å². The van der Waals surface area contributed by atoms with Crippen molar-refractivity contribution in [2.24, 2.45) is 0 Å². The maximum absolute atomic E-state index is 13.6. The molecule has 1 saturated heterocycles. The van der Waals surface area contributed by atoms with Gasteiger partial charge in [-0.25, -0.2) is 18.6 Å². The Morgan fingerprint density at radius 1 is 1.29 bits per heavy atom. The van der Waals surface area contributed by atoms with Gasteiger partial charge in [0, 0.05) is 29.7 Å². The Labute approximate surface area is 145 Å². The van der Waals surface area contributed by atoms with Gasteiger partial charge in [0.1, 0.15) is 23.4 Å². The number of aromatic nitrogens is 1. The van der Waals surface area contributed by atoms with E-state index in [2.05, 4.69) is 26.2 Å². The second kappa shape index (κ2) is 7.12. The van der Waals surface area contributed by atoms with Gasteiger partial charge in [0.25, 0.3) is 0 Å². The Balaban J connectivity index is 1.59. The molecule has 1 fully saturated rings. The molecule has 1 N–H and O–H groups in total. The number of para-hydroxylation sites is 1. The molecule has 126 valence electrons. The van der Waals surface area contributed by atoms with Crippen molar-refractivity contribution in [1.82, 2.24) is 9.88 Å². The molecular weight excluding hydrogens is 384 g/mol. The lowest BCUT2D eigenvalue weighted by Crippen LogP contribution is -2.35. The molecule has 1 aliphatic rings. The van der Waals surface area contributed by atoms with Crippen LogP contribution in [0.1, 0.15) is 6.42 Å². The van der Waals surface area contributed by atoms with E-state index in [1.807, 2.05) is 6.07 Å². The molecule has 3 rings (SSSR count). The van der Waals surface area contributed by atoms with Crippen LogP contribution in [0.25, 0.3) is 0 Å². The van der Waals surface area contributed by atoms with Crippen LogP contribution in [0, 0.1) is 11.6 Å². The molecule has 2 amide bonds. The highest BCUT2D eigenvalue weighted by molar-refractivity contribution is 9.10. The predicted octanol–water partition coefficient (Wildman–Crippen LogP) is 3.81. The van der Waals surface area contributed by atoms with Gasteiger partial charge >= 0.3 is 6.03 Å². The SMILES string of the molecule is O=C(Nc1c(F)cccc1F)N1CCC(Oc2ccc(Br)cn2)C1. The number of anilines is 1. The molecule has 5 nitrogen and oxygen atoms in total. The van der Waals surface area contributed by atoms with E-state index in [1.165, 1.54) is 11.0 Å². The van der Waals surface area contributed by atoms with E-state index in [-0.39, 0.29) is 6.10 Å². The largest absolute Gasteiger partial charge is 0.472 e. The van der Waals surface area contributed by atoms with Crippen molar-refractivity contribution < 1.29 is 18.3 Å². The van der Waals surface area contributed by atoms with Crippen LogP contribution in [0.4, 0.5) is 19.3 Å². The van der Waals surface area contributed by atoms with Crippen LogP contribution in [0.2, 0.25) is 0 Å². The molecule has 0 aliphatic carbocycles. The number of benzene rings is 1. The first kappa shape index (κ1) is 16.6. The monoisotopic (exact) mass is 397 g/mol. The van der Waals surface area contributed by atoms with E-state index in [4.69, 9.17) is 4.74 Å². The Hall–Kier alpha value is -2.22. The van der Waals surface area contributed by atoms with Gasteiger partial charge < -0.3 is 15.0 Å². The molecule has 2 aromatic rings. The third kappa shape index (κ3) is 3.81. The minimum absolute atomic E-state index is 0.213. The number of nitrogens with zero attached hydrogens (tertiary/aromatic N) is 2. The molecule has 1 aliphatic heterocycles. The first-order valence-corrected chi connectivity index (χ1v) is 8.10.